The average Bonchev–Trinajstić information content (AvgIpc) is 3.10. The minimum atomic E-state index is -0.855. The fourth-order valence-electron chi connectivity index (χ4n) is 4.17. The van der Waals surface area contributed by atoms with Crippen LogP contribution in [0.3, 0.4) is 0 Å². The molecule has 3 heterocycles. The predicted molar refractivity (Wildman–Crippen MR) is 88.9 cm³/mol. The number of ether oxygens (including phenoxy) is 1. The molecule has 3 fully saturated rings. The van der Waals surface area contributed by atoms with Crippen molar-refractivity contribution in [3.05, 3.63) is 0 Å². The van der Waals surface area contributed by atoms with Crippen LogP contribution in [0, 0.1) is 11.8 Å². The minimum Gasteiger partial charge on any atom is -0.481 e. The second-order valence-corrected chi connectivity index (χ2v) is 7.52. The van der Waals surface area contributed by atoms with Gasteiger partial charge in [-0.25, -0.2) is 4.79 Å². The molecule has 0 aromatic rings. The summed E-state index contributed by atoms with van der Waals surface area (Å²) < 4.78 is 5.71. The topological polar surface area (TPSA) is 108 Å². The molecule has 0 aliphatic carbocycles. The number of piperidine rings is 2. The summed E-state index contributed by atoms with van der Waals surface area (Å²) in [5.74, 6) is -1.23. The van der Waals surface area contributed by atoms with E-state index in [0.29, 0.717) is 32.4 Å². The van der Waals surface area contributed by atoms with Crippen molar-refractivity contribution in [2.24, 2.45) is 11.8 Å². The van der Waals surface area contributed by atoms with Crippen LogP contribution in [0.15, 0.2) is 0 Å². The highest BCUT2D eigenvalue weighted by atomic mass is 16.5. The summed E-state index contributed by atoms with van der Waals surface area (Å²) in [5, 5.41) is 15.2. The van der Waals surface area contributed by atoms with Crippen LogP contribution >= 0.6 is 0 Å². The first-order chi connectivity index (χ1) is 11.9. The van der Waals surface area contributed by atoms with Crippen molar-refractivity contribution in [3.8, 4) is 0 Å². The Labute approximate surface area is 147 Å². The molecule has 5 unspecified atom stereocenters. The maximum Gasteiger partial charge on any atom is 0.317 e. The smallest absolute Gasteiger partial charge is 0.317 e. The highest BCUT2D eigenvalue weighted by Gasteiger charge is 2.39. The van der Waals surface area contributed by atoms with Crippen molar-refractivity contribution in [1.82, 2.24) is 15.5 Å². The number of hydrogen-bond donors (Lipinski definition) is 3. The average molecular weight is 353 g/mol. The Bertz CT molecular complexity index is 534. The third-order valence-corrected chi connectivity index (χ3v) is 5.41. The predicted octanol–water partition coefficient (Wildman–Crippen LogP) is 0.565. The molecule has 8 nitrogen and oxygen atoms in total. The molecule has 8 heteroatoms. The molecular formula is C17H27N3O5. The van der Waals surface area contributed by atoms with E-state index in [1.807, 2.05) is 6.92 Å². The summed E-state index contributed by atoms with van der Waals surface area (Å²) in [6.45, 7) is 3.43. The molecule has 3 N–H and O–H groups in total. The summed E-state index contributed by atoms with van der Waals surface area (Å²) in [6.07, 6.45) is 3.32. The highest BCUT2D eigenvalue weighted by molar-refractivity contribution is 5.79. The van der Waals surface area contributed by atoms with Gasteiger partial charge >= 0.3 is 12.0 Å². The SMILES string of the molecule is CC1CC(C(=O)O)CN(C(=O)NC2CCC(=O)NC2C2CCCO2)C1. The molecule has 3 aliphatic heterocycles. The van der Waals surface area contributed by atoms with Gasteiger partial charge in [-0.2, -0.15) is 0 Å². The largest absolute Gasteiger partial charge is 0.481 e. The number of likely N-dealkylation sites (tertiary alicyclic amines) is 1. The molecule has 3 amide bonds. The van der Waals surface area contributed by atoms with E-state index >= 15 is 0 Å². The lowest BCUT2D eigenvalue weighted by Crippen LogP contribution is -2.62. The third kappa shape index (κ3) is 4.23. The molecule has 0 bridgehead atoms. The zero-order valence-corrected chi connectivity index (χ0v) is 14.6. The molecule has 3 aliphatic rings. The van der Waals surface area contributed by atoms with E-state index in [4.69, 9.17) is 4.74 Å². The monoisotopic (exact) mass is 353 g/mol. The van der Waals surface area contributed by atoms with Gasteiger partial charge in [0.15, 0.2) is 0 Å². The van der Waals surface area contributed by atoms with E-state index in [-0.39, 0.29) is 42.6 Å². The van der Waals surface area contributed by atoms with E-state index in [2.05, 4.69) is 10.6 Å². The highest BCUT2D eigenvalue weighted by Crippen LogP contribution is 2.24. The van der Waals surface area contributed by atoms with E-state index in [0.717, 1.165) is 12.8 Å². The van der Waals surface area contributed by atoms with Gasteiger partial charge in [-0.3, -0.25) is 9.59 Å². The molecule has 140 valence electrons. The number of aliphatic carboxylic acids is 1. The lowest BCUT2D eigenvalue weighted by atomic mass is 9.90. The molecule has 5 atom stereocenters. The number of carboxylic acids is 1. The van der Waals surface area contributed by atoms with Crippen LogP contribution in [-0.2, 0) is 14.3 Å². The zero-order chi connectivity index (χ0) is 18.0. The number of nitrogens with zero attached hydrogens (tertiary/aromatic N) is 1. The molecule has 0 aromatic heterocycles. The maximum atomic E-state index is 12.7. The number of rotatable bonds is 3. The van der Waals surface area contributed by atoms with Gasteiger partial charge in [-0.15, -0.1) is 0 Å². The fraction of sp³-hybridized carbons (Fsp3) is 0.824. The molecule has 3 saturated heterocycles. The molecule has 0 aromatic carbocycles. The Balaban J connectivity index is 1.63. The van der Waals surface area contributed by atoms with Crippen LogP contribution in [0.4, 0.5) is 4.79 Å². The van der Waals surface area contributed by atoms with Crippen LogP contribution < -0.4 is 10.6 Å². The van der Waals surface area contributed by atoms with Crippen LogP contribution in [0.1, 0.15) is 39.0 Å². The van der Waals surface area contributed by atoms with E-state index in [1.54, 1.807) is 4.90 Å². The second-order valence-electron chi connectivity index (χ2n) is 7.52. The molecule has 3 rings (SSSR count). The molecular weight excluding hydrogens is 326 g/mol. The van der Waals surface area contributed by atoms with E-state index < -0.39 is 11.9 Å². The van der Waals surface area contributed by atoms with Gasteiger partial charge in [0.25, 0.3) is 0 Å². The lowest BCUT2D eigenvalue weighted by Gasteiger charge is -2.39. The quantitative estimate of drug-likeness (QED) is 0.687. The van der Waals surface area contributed by atoms with Crippen molar-refractivity contribution >= 4 is 17.9 Å². The number of nitrogens with one attached hydrogen (secondary N) is 2. The first-order valence-corrected chi connectivity index (χ1v) is 9.13. The van der Waals surface area contributed by atoms with Crippen molar-refractivity contribution in [2.45, 2.75) is 57.2 Å². The number of urea groups is 1. The van der Waals surface area contributed by atoms with E-state index in [9.17, 15) is 19.5 Å². The number of carbonyl (C=O) groups is 3. The van der Waals surface area contributed by atoms with Gasteiger partial charge in [0.2, 0.25) is 5.91 Å². The number of amides is 3. The number of carboxylic acid groups (broad SMARTS) is 1. The molecule has 0 saturated carbocycles. The maximum absolute atomic E-state index is 12.7. The zero-order valence-electron chi connectivity index (χ0n) is 14.6. The van der Waals surface area contributed by atoms with Crippen LogP contribution in [0.5, 0.6) is 0 Å². The van der Waals surface area contributed by atoms with Crippen molar-refractivity contribution in [1.29, 1.82) is 0 Å². The minimum absolute atomic E-state index is 0.0106. The summed E-state index contributed by atoms with van der Waals surface area (Å²) >= 11 is 0. The summed E-state index contributed by atoms with van der Waals surface area (Å²) in [5.41, 5.74) is 0. The first kappa shape index (κ1) is 18.0. The van der Waals surface area contributed by atoms with Crippen LogP contribution in [0.25, 0.3) is 0 Å². The second kappa shape index (κ2) is 7.59. The van der Waals surface area contributed by atoms with Crippen molar-refractivity contribution in [2.75, 3.05) is 19.7 Å². The van der Waals surface area contributed by atoms with Gasteiger partial charge in [-0.05, 0) is 31.6 Å². The van der Waals surface area contributed by atoms with Gasteiger partial charge in [0.05, 0.1) is 24.1 Å². The summed E-state index contributed by atoms with van der Waals surface area (Å²) in [7, 11) is 0. The Morgan fingerprint density at radius 1 is 1.32 bits per heavy atom. The van der Waals surface area contributed by atoms with Crippen molar-refractivity contribution < 1.29 is 24.2 Å². The Morgan fingerprint density at radius 2 is 2.12 bits per heavy atom. The van der Waals surface area contributed by atoms with Crippen molar-refractivity contribution in [3.63, 3.8) is 0 Å². The standard InChI is InChI=1S/C17H27N3O5/c1-10-7-11(16(22)23)9-20(8-10)17(24)18-12-4-5-14(21)19-15(12)13-3-2-6-25-13/h10-13,15H,2-9H2,1H3,(H,18,24)(H,19,21)(H,22,23). The Kier molecular flexibility index (Phi) is 5.46. The summed E-state index contributed by atoms with van der Waals surface area (Å²) in [6, 6.07) is -0.652. The van der Waals surface area contributed by atoms with Gasteiger partial charge in [0.1, 0.15) is 0 Å². The normalized spacial score (nSPS) is 36.0. The van der Waals surface area contributed by atoms with Gasteiger partial charge in [0, 0.05) is 26.1 Å². The van der Waals surface area contributed by atoms with E-state index in [1.165, 1.54) is 0 Å². The molecule has 0 radical (unpaired) electrons. The first-order valence-electron chi connectivity index (χ1n) is 9.13. The number of carbonyl (C=O) groups excluding carboxylic acids is 2. The molecule has 0 spiro atoms. The third-order valence-electron chi connectivity index (χ3n) is 5.41. The Hall–Kier alpha value is -1.83. The van der Waals surface area contributed by atoms with Gasteiger partial charge < -0.3 is 25.4 Å². The lowest BCUT2D eigenvalue weighted by molar-refractivity contribution is -0.143. The summed E-state index contributed by atoms with van der Waals surface area (Å²) in [4.78, 5) is 37.4. The Morgan fingerprint density at radius 3 is 2.80 bits per heavy atom. The van der Waals surface area contributed by atoms with Gasteiger partial charge in [-0.1, -0.05) is 6.92 Å². The van der Waals surface area contributed by atoms with Crippen LogP contribution in [-0.4, -0.2) is 65.8 Å². The number of hydrogen-bond acceptors (Lipinski definition) is 4. The molecule has 25 heavy (non-hydrogen) atoms. The van der Waals surface area contributed by atoms with Crippen LogP contribution in [0.2, 0.25) is 0 Å². The fourth-order valence-corrected chi connectivity index (χ4v) is 4.17.